The third-order valence-electron chi connectivity index (χ3n) is 3.50. The molecule has 2 heterocycles. The minimum Gasteiger partial charge on any atom is -0.329 e. The molecule has 0 radical (unpaired) electrons. The first kappa shape index (κ1) is 15.0. The number of hydrogen-bond acceptors (Lipinski definition) is 4. The minimum atomic E-state index is -0.354. The van der Waals surface area contributed by atoms with Gasteiger partial charge in [0.15, 0.2) is 0 Å². The Kier molecular flexibility index (Phi) is 4.80. The third-order valence-corrected chi connectivity index (χ3v) is 4.21. The lowest BCUT2D eigenvalue weighted by Crippen LogP contribution is -2.39. The van der Waals surface area contributed by atoms with Crippen LogP contribution in [0.2, 0.25) is 0 Å². The van der Waals surface area contributed by atoms with Gasteiger partial charge < -0.3 is 5.32 Å². The fourth-order valence-electron chi connectivity index (χ4n) is 2.23. The van der Waals surface area contributed by atoms with E-state index in [4.69, 9.17) is 0 Å². The number of amidine groups is 1. The average molecular weight is 343 g/mol. The van der Waals surface area contributed by atoms with Crippen LogP contribution in [0.4, 0.5) is 5.82 Å². The van der Waals surface area contributed by atoms with Gasteiger partial charge >= 0.3 is 5.69 Å². The normalized spacial score (nSPS) is 16.2. The predicted octanol–water partition coefficient (Wildman–Crippen LogP) is 1.62. The van der Waals surface area contributed by atoms with Gasteiger partial charge in [0.25, 0.3) is 5.56 Å². The van der Waals surface area contributed by atoms with E-state index >= 15 is 0 Å². The molecule has 6 nitrogen and oxygen atoms in total. The van der Waals surface area contributed by atoms with Crippen LogP contribution in [0.15, 0.2) is 19.1 Å². The molecule has 0 saturated heterocycles. The number of nitrogens with zero attached hydrogens (tertiary/aromatic N) is 3. The summed E-state index contributed by atoms with van der Waals surface area (Å²) in [4.78, 5) is 28.4. The monoisotopic (exact) mass is 342 g/mol. The van der Waals surface area contributed by atoms with Gasteiger partial charge in [-0.05, 0) is 28.8 Å². The van der Waals surface area contributed by atoms with Crippen LogP contribution < -0.4 is 16.6 Å². The summed E-state index contributed by atoms with van der Waals surface area (Å²) < 4.78 is 2.86. The van der Waals surface area contributed by atoms with E-state index in [0.29, 0.717) is 10.3 Å². The molecular formula is C13H19BrN4O2. The molecule has 1 aliphatic heterocycles. The summed E-state index contributed by atoms with van der Waals surface area (Å²) in [6, 6.07) is 0. The summed E-state index contributed by atoms with van der Waals surface area (Å²) >= 11 is 3.27. The lowest BCUT2D eigenvalue weighted by molar-refractivity contribution is 0.642. The molecule has 0 aromatic carbocycles. The van der Waals surface area contributed by atoms with E-state index in [1.165, 1.54) is 24.5 Å². The Balaban J connectivity index is 2.38. The largest absolute Gasteiger partial charge is 0.332 e. The third kappa shape index (κ3) is 3.03. The van der Waals surface area contributed by atoms with Crippen LogP contribution in [0.25, 0.3) is 0 Å². The summed E-state index contributed by atoms with van der Waals surface area (Å²) in [6.07, 6.45) is 5.40. The van der Waals surface area contributed by atoms with Crippen molar-refractivity contribution in [3.63, 3.8) is 0 Å². The highest BCUT2D eigenvalue weighted by molar-refractivity contribution is 9.10. The molecule has 110 valence electrons. The molecule has 0 aliphatic carbocycles. The number of rotatable bonds is 1. The molecule has 0 atom stereocenters. The van der Waals surface area contributed by atoms with Gasteiger partial charge in [0.05, 0.1) is 0 Å². The summed E-state index contributed by atoms with van der Waals surface area (Å²) in [6.45, 7) is 0.790. The van der Waals surface area contributed by atoms with Gasteiger partial charge in [-0.2, -0.15) is 0 Å². The molecule has 0 spiro atoms. The van der Waals surface area contributed by atoms with E-state index < -0.39 is 0 Å². The lowest BCUT2D eigenvalue weighted by atomic mass is 10.1. The highest BCUT2D eigenvalue weighted by Gasteiger charge is 2.15. The Morgan fingerprint density at radius 1 is 1.10 bits per heavy atom. The van der Waals surface area contributed by atoms with Crippen LogP contribution in [0.5, 0.6) is 0 Å². The van der Waals surface area contributed by atoms with Gasteiger partial charge in [-0.3, -0.25) is 18.9 Å². The summed E-state index contributed by atoms with van der Waals surface area (Å²) in [5.74, 6) is 1.31. The molecule has 0 bridgehead atoms. The first-order valence-electron chi connectivity index (χ1n) is 6.78. The van der Waals surface area contributed by atoms with Crippen molar-refractivity contribution in [3.8, 4) is 0 Å². The molecule has 1 N–H and O–H groups in total. The molecular weight excluding hydrogens is 324 g/mol. The number of anilines is 1. The van der Waals surface area contributed by atoms with E-state index in [1.807, 2.05) is 0 Å². The standard InChI is InChI=1S/C13H19BrN4O2/c1-17-11(10(14)12(19)18(2)13(17)20)16-9-7-5-3-4-6-8-15-9/h3-8H2,1-2H3,(H,15,16). The number of aromatic nitrogens is 2. The minimum absolute atomic E-state index is 0.345. The SMILES string of the molecule is Cn1c(NC2=NCCCCCC2)c(Br)c(=O)n(C)c1=O. The van der Waals surface area contributed by atoms with Crippen molar-refractivity contribution in [2.24, 2.45) is 19.1 Å². The lowest BCUT2D eigenvalue weighted by Gasteiger charge is -2.16. The molecule has 1 aromatic rings. The number of halogens is 1. The van der Waals surface area contributed by atoms with Crippen molar-refractivity contribution in [3.05, 3.63) is 25.3 Å². The van der Waals surface area contributed by atoms with Crippen molar-refractivity contribution < 1.29 is 0 Å². The quantitative estimate of drug-likeness (QED) is 0.843. The maximum Gasteiger partial charge on any atom is 0.332 e. The van der Waals surface area contributed by atoms with Gasteiger partial charge in [0.1, 0.15) is 16.1 Å². The zero-order chi connectivity index (χ0) is 14.7. The maximum atomic E-state index is 12.0. The first-order chi connectivity index (χ1) is 9.52. The fraction of sp³-hybridized carbons (Fsp3) is 0.615. The molecule has 0 saturated carbocycles. The molecule has 0 unspecified atom stereocenters. The molecule has 2 rings (SSSR count). The van der Waals surface area contributed by atoms with Crippen LogP contribution in [-0.2, 0) is 14.1 Å². The Hall–Kier alpha value is -1.37. The second-order valence-corrected chi connectivity index (χ2v) is 5.78. The number of hydrogen-bond donors (Lipinski definition) is 1. The van der Waals surface area contributed by atoms with Gasteiger partial charge in [-0.1, -0.05) is 12.8 Å². The fourth-order valence-corrected chi connectivity index (χ4v) is 2.86. The Bertz CT molecular complexity index is 608. The number of nitrogens with one attached hydrogen (secondary N) is 1. The van der Waals surface area contributed by atoms with Crippen LogP contribution in [-0.4, -0.2) is 21.5 Å². The van der Waals surface area contributed by atoms with Crippen molar-refractivity contribution in [1.29, 1.82) is 0 Å². The Labute approximate surface area is 125 Å². The van der Waals surface area contributed by atoms with Gasteiger partial charge in [-0.25, -0.2) is 4.79 Å². The molecule has 1 aliphatic rings. The van der Waals surface area contributed by atoms with Crippen LogP contribution >= 0.6 is 15.9 Å². The Morgan fingerprint density at radius 2 is 1.80 bits per heavy atom. The van der Waals surface area contributed by atoms with Gasteiger partial charge in [0, 0.05) is 27.1 Å². The molecule has 1 aromatic heterocycles. The topological polar surface area (TPSA) is 68.4 Å². The highest BCUT2D eigenvalue weighted by atomic mass is 79.9. The summed E-state index contributed by atoms with van der Waals surface area (Å²) in [5, 5.41) is 3.15. The zero-order valence-corrected chi connectivity index (χ0v) is 13.4. The van der Waals surface area contributed by atoms with Crippen molar-refractivity contribution >= 4 is 27.6 Å². The second-order valence-electron chi connectivity index (χ2n) is 4.99. The number of aliphatic imine (C=N–C) groups is 1. The van der Waals surface area contributed by atoms with Crippen LogP contribution in [0.3, 0.4) is 0 Å². The van der Waals surface area contributed by atoms with Gasteiger partial charge in [-0.15, -0.1) is 0 Å². The summed E-state index contributed by atoms with van der Waals surface area (Å²) in [7, 11) is 3.10. The van der Waals surface area contributed by atoms with E-state index in [9.17, 15) is 9.59 Å². The molecule has 20 heavy (non-hydrogen) atoms. The smallest absolute Gasteiger partial charge is 0.329 e. The molecule has 0 amide bonds. The predicted molar refractivity (Wildman–Crippen MR) is 83.6 cm³/mol. The van der Waals surface area contributed by atoms with E-state index in [1.54, 1.807) is 7.05 Å². The van der Waals surface area contributed by atoms with E-state index in [2.05, 4.69) is 26.2 Å². The van der Waals surface area contributed by atoms with E-state index in [0.717, 1.165) is 36.2 Å². The van der Waals surface area contributed by atoms with Crippen LogP contribution in [0, 0.1) is 0 Å². The van der Waals surface area contributed by atoms with Crippen molar-refractivity contribution in [1.82, 2.24) is 9.13 Å². The Morgan fingerprint density at radius 3 is 2.55 bits per heavy atom. The average Bonchev–Trinajstić information content (AvgIpc) is 2.41. The second kappa shape index (κ2) is 6.39. The van der Waals surface area contributed by atoms with E-state index in [-0.39, 0.29) is 11.2 Å². The van der Waals surface area contributed by atoms with Crippen molar-refractivity contribution in [2.45, 2.75) is 32.1 Å². The maximum absolute atomic E-state index is 12.0. The highest BCUT2D eigenvalue weighted by Crippen LogP contribution is 2.17. The first-order valence-corrected chi connectivity index (χ1v) is 7.57. The van der Waals surface area contributed by atoms with Gasteiger partial charge in [0.2, 0.25) is 0 Å². The summed E-state index contributed by atoms with van der Waals surface area (Å²) in [5.41, 5.74) is -0.700. The molecule has 7 heteroatoms. The molecule has 0 fully saturated rings. The van der Waals surface area contributed by atoms with Crippen molar-refractivity contribution in [2.75, 3.05) is 11.9 Å². The van der Waals surface area contributed by atoms with Crippen LogP contribution in [0.1, 0.15) is 32.1 Å². The zero-order valence-electron chi connectivity index (χ0n) is 11.8.